The number of benzene rings is 1. The topological polar surface area (TPSA) is 136 Å². The number of aliphatic carboxylic acids is 1. The Kier molecular flexibility index (Phi) is 3.31. The molecule has 0 atom stereocenters. The summed E-state index contributed by atoms with van der Waals surface area (Å²) < 4.78 is 0. The summed E-state index contributed by atoms with van der Waals surface area (Å²) in [6.07, 6.45) is 1.05. The van der Waals surface area contributed by atoms with E-state index in [1.165, 1.54) is 18.2 Å². The van der Waals surface area contributed by atoms with Gasteiger partial charge in [-0.05, 0) is 25.0 Å². The Bertz CT molecular complexity index is 595. The van der Waals surface area contributed by atoms with Gasteiger partial charge in [0.2, 0.25) is 5.91 Å². The van der Waals surface area contributed by atoms with Crippen molar-refractivity contribution in [1.29, 1.82) is 0 Å². The van der Waals surface area contributed by atoms with E-state index in [4.69, 9.17) is 10.8 Å². The van der Waals surface area contributed by atoms with Gasteiger partial charge >= 0.3 is 5.97 Å². The average molecular weight is 279 g/mol. The van der Waals surface area contributed by atoms with Gasteiger partial charge in [-0.3, -0.25) is 19.7 Å². The highest BCUT2D eigenvalue weighted by Crippen LogP contribution is 2.46. The van der Waals surface area contributed by atoms with Crippen LogP contribution in [0.15, 0.2) is 18.2 Å². The molecule has 0 spiro atoms. The van der Waals surface area contributed by atoms with E-state index in [2.05, 4.69) is 5.32 Å². The molecular weight excluding hydrogens is 266 g/mol. The zero-order chi connectivity index (χ0) is 14.9. The van der Waals surface area contributed by atoms with E-state index < -0.39 is 22.2 Å². The molecule has 8 nitrogen and oxygen atoms in total. The van der Waals surface area contributed by atoms with Gasteiger partial charge in [0.15, 0.2) is 0 Å². The number of primary amides is 1. The van der Waals surface area contributed by atoms with E-state index in [-0.39, 0.29) is 23.5 Å². The molecule has 0 radical (unpaired) electrons. The van der Waals surface area contributed by atoms with Crippen molar-refractivity contribution in [2.45, 2.75) is 12.8 Å². The summed E-state index contributed by atoms with van der Waals surface area (Å²) in [6.45, 7) is 0.0748. The Morgan fingerprint density at radius 2 is 2.10 bits per heavy atom. The van der Waals surface area contributed by atoms with Crippen molar-refractivity contribution in [1.82, 2.24) is 0 Å². The molecule has 0 saturated heterocycles. The summed E-state index contributed by atoms with van der Waals surface area (Å²) in [5.74, 6) is -1.64. The third-order valence-corrected chi connectivity index (χ3v) is 3.40. The van der Waals surface area contributed by atoms with E-state index in [0.717, 1.165) is 0 Å². The number of nitrogens with two attached hydrogens (primary N) is 1. The molecule has 0 bridgehead atoms. The molecule has 4 N–H and O–H groups in total. The zero-order valence-corrected chi connectivity index (χ0v) is 10.5. The van der Waals surface area contributed by atoms with Crippen molar-refractivity contribution in [2.24, 2.45) is 11.1 Å². The molecule has 20 heavy (non-hydrogen) atoms. The van der Waals surface area contributed by atoms with Gasteiger partial charge in [0.25, 0.3) is 5.69 Å². The second kappa shape index (κ2) is 4.80. The van der Waals surface area contributed by atoms with Gasteiger partial charge in [-0.1, -0.05) is 0 Å². The number of carbonyl (C=O) groups is 2. The highest BCUT2D eigenvalue weighted by molar-refractivity contribution is 5.94. The largest absolute Gasteiger partial charge is 0.481 e. The van der Waals surface area contributed by atoms with Crippen LogP contribution in [0.5, 0.6) is 0 Å². The first-order chi connectivity index (χ1) is 9.35. The predicted octanol–water partition coefficient (Wildman–Crippen LogP) is 0.970. The molecular formula is C12H13N3O5. The van der Waals surface area contributed by atoms with Crippen LogP contribution in [0, 0.1) is 15.5 Å². The van der Waals surface area contributed by atoms with Crippen molar-refractivity contribution in [2.75, 3.05) is 11.9 Å². The highest BCUT2D eigenvalue weighted by atomic mass is 16.6. The van der Waals surface area contributed by atoms with Crippen molar-refractivity contribution < 1.29 is 19.6 Å². The fourth-order valence-corrected chi connectivity index (χ4v) is 1.87. The minimum atomic E-state index is -0.932. The number of carboxylic acids is 1. The van der Waals surface area contributed by atoms with Crippen LogP contribution >= 0.6 is 0 Å². The number of nitro groups is 1. The Morgan fingerprint density at radius 3 is 2.55 bits per heavy atom. The summed E-state index contributed by atoms with van der Waals surface area (Å²) in [6, 6.07) is 3.69. The number of carbonyl (C=O) groups excluding carboxylic acids is 1. The first-order valence-corrected chi connectivity index (χ1v) is 5.91. The number of hydrogen-bond acceptors (Lipinski definition) is 5. The molecule has 1 fully saturated rings. The van der Waals surface area contributed by atoms with Crippen molar-refractivity contribution in [3.05, 3.63) is 33.9 Å². The van der Waals surface area contributed by atoms with Crippen LogP contribution in [0.25, 0.3) is 0 Å². The Labute approximate surface area is 113 Å². The first-order valence-electron chi connectivity index (χ1n) is 5.91. The van der Waals surface area contributed by atoms with Crippen molar-refractivity contribution in [3.63, 3.8) is 0 Å². The highest BCUT2D eigenvalue weighted by Gasteiger charge is 2.50. The fraction of sp³-hybridized carbons (Fsp3) is 0.333. The lowest BCUT2D eigenvalue weighted by Crippen LogP contribution is -2.24. The van der Waals surface area contributed by atoms with E-state index in [1.807, 2.05) is 0 Å². The molecule has 106 valence electrons. The SMILES string of the molecule is NC(=O)c1ccc([N+](=O)[O-])c(NCC2(C(=O)O)CC2)c1. The van der Waals surface area contributed by atoms with Gasteiger partial charge in [0, 0.05) is 18.2 Å². The van der Waals surface area contributed by atoms with Crippen LogP contribution in [-0.2, 0) is 4.79 Å². The monoisotopic (exact) mass is 279 g/mol. The lowest BCUT2D eigenvalue weighted by molar-refractivity contribution is -0.384. The third kappa shape index (κ3) is 2.53. The minimum Gasteiger partial charge on any atom is -0.481 e. The van der Waals surface area contributed by atoms with Crippen LogP contribution in [0.3, 0.4) is 0 Å². The number of nitro benzene ring substituents is 1. The molecule has 1 aliphatic carbocycles. The van der Waals surface area contributed by atoms with Crippen LogP contribution in [-0.4, -0.2) is 28.5 Å². The smallest absolute Gasteiger partial charge is 0.311 e. The molecule has 1 aromatic carbocycles. The van der Waals surface area contributed by atoms with Crippen molar-refractivity contribution in [3.8, 4) is 0 Å². The van der Waals surface area contributed by atoms with Gasteiger partial charge in [0.1, 0.15) is 5.69 Å². The predicted molar refractivity (Wildman–Crippen MR) is 69.4 cm³/mol. The van der Waals surface area contributed by atoms with Crippen LogP contribution in [0.4, 0.5) is 11.4 Å². The van der Waals surface area contributed by atoms with Gasteiger partial charge in [-0.15, -0.1) is 0 Å². The zero-order valence-electron chi connectivity index (χ0n) is 10.5. The average Bonchev–Trinajstić information content (AvgIpc) is 3.16. The molecule has 2 rings (SSSR count). The normalized spacial score (nSPS) is 15.4. The number of amides is 1. The lowest BCUT2D eigenvalue weighted by atomic mass is 10.1. The first kappa shape index (κ1) is 13.8. The minimum absolute atomic E-state index is 0.0748. The molecule has 1 aliphatic rings. The van der Waals surface area contributed by atoms with Gasteiger partial charge in [0.05, 0.1) is 10.3 Å². The maximum atomic E-state index is 11.1. The number of nitrogens with zero attached hydrogens (tertiary/aromatic N) is 1. The lowest BCUT2D eigenvalue weighted by Gasteiger charge is -2.13. The van der Waals surface area contributed by atoms with E-state index >= 15 is 0 Å². The second-order valence-electron chi connectivity index (χ2n) is 4.79. The van der Waals surface area contributed by atoms with E-state index in [0.29, 0.717) is 12.8 Å². The quantitative estimate of drug-likeness (QED) is 0.524. The molecule has 8 heteroatoms. The van der Waals surface area contributed by atoms with Crippen LogP contribution in [0.1, 0.15) is 23.2 Å². The fourth-order valence-electron chi connectivity index (χ4n) is 1.87. The number of carboxylic acid groups (broad SMARTS) is 1. The van der Waals surface area contributed by atoms with Gasteiger partial charge in [-0.2, -0.15) is 0 Å². The van der Waals surface area contributed by atoms with E-state index in [1.54, 1.807) is 0 Å². The maximum Gasteiger partial charge on any atom is 0.311 e. The summed E-state index contributed by atoms with van der Waals surface area (Å²) in [7, 11) is 0. The number of rotatable bonds is 6. The molecule has 1 saturated carbocycles. The molecule has 0 unspecified atom stereocenters. The standard InChI is InChI=1S/C12H13N3O5/c13-10(16)7-1-2-9(15(19)20)8(5-7)14-6-12(3-4-12)11(17)18/h1-2,5,14H,3-4,6H2,(H2,13,16)(H,17,18). The Balaban J connectivity index is 2.24. The summed E-state index contributed by atoms with van der Waals surface area (Å²) in [5.41, 5.74) is 4.25. The second-order valence-corrected chi connectivity index (χ2v) is 4.79. The third-order valence-electron chi connectivity index (χ3n) is 3.40. The van der Waals surface area contributed by atoms with E-state index in [9.17, 15) is 19.7 Å². The van der Waals surface area contributed by atoms with Gasteiger partial charge in [-0.25, -0.2) is 0 Å². The summed E-state index contributed by atoms with van der Waals surface area (Å²) in [4.78, 5) is 32.4. The molecule has 1 amide bonds. The maximum absolute atomic E-state index is 11.1. The molecule has 0 aliphatic heterocycles. The number of hydrogen-bond donors (Lipinski definition) is 3. The van der Waals surface area contributed by atoms with Crippen molar-refractivity contribution >= 4 is 23.3 Å². The number of anilines is 1. The summed E-state index contributed by atoms with van der Waals surface area (Å²) >= 11 is 0. The Morgan fingerprint density at radius 1 is 1.45 bits per heavy atom. The molecule has 0 aromatic heterocycles. The number of nitrogens with one attached hydrogen (secondary N) is 1. The summed E-state index contributed by atoms with van der Waals surface area (Å²) in [5, 5.41) is 22.7. The Hall–Kier alpha value is -2.64. The molecule has 1 aromatic rings. The van der Waals surface area contributed by atoms with Gasteiger partial charge < -0.3 is 16.2 Å². The van der Waals surface area contributed by atoms with Crippen LogP contribution in [0.2, 0.25) is 0 Å². The molecule has 0 heterocycles. The van der Waals surface area contributed by atoms with Crippen LogP contribution < -0.4 is 11.1 Å².